The Hall–Kier alpha value is -0.640. The van der Waals surface area contributed by atoms with Gasteiger partial charge in [0.2, 0.25) is 0 Å². The number of ether oxygens (including phenoxy) is 3. The largest absolute Gasteiger partial charge is 0.369 e. The molecule has 1 fully saturated rings. The van der Waals surface area contributed by atoms with Gasteiger partial charge in [0.05, 0.1) is 13.2 Å². The molecule has 1 saturated heterocycles. The Bertz CT molecular complexity index is 211. The monoisotopic (exact) mass is 198 g/mol. The van der Waals surface area contributed by atoms with Gasteiger partial charge in [-0.3, -0.25) is 0 Å². The Labute approximate surface area is 85.3 Å². The van der Waals surface area contributed by atoms with Gasteiger partial charge in [0.25, 0.3) is 0 Å². The topological polar surface area (TPSA) is 27.7 Å². The predicted molar refractivity (Wildman–Crippen MR) is 55.0 cm³/mol. The lowest BCUT2D eigenvalue weighted by Gasteiger charge is -2.39. The maximum Gasteiger partial charge on any atom is 0.163 e. The molecule has 0 spiro atoms. The quantitative estimate of drug-likeness (QED) is 0.646. The first kappa shape index (κ1) is 11.4. The van der Waals surface area contributed by atoms with Crippen molar-refractivity contribution < 1.29 is 14.2 Å². The van der Waals surface area contributed by atoms with Crippen LogP contribution in [0.1, 0.15) is 13.8 Å². The van der Waals surface area contributed by atoms with Crippen molar-refractivity contribution in [3.8, 4) is 0 Å². The molecule has 0 aromatic rings. The molecule has 1 heterocycles. The van der Waals surface area contributed by atoms with Crippen molar-refractivity contribution in [3.63, 3.8) is 0 Å². The molecule has 0 aliphatic carbocycles. The molecule has 0 aromatic heterocycles. The van der Waals surface area contributed by atoms with E-state index in [9.17, 15) is 0 Å². The fraction of sp³-hybridized carbons (Fsp3) is 0.636. The molecule has 0 saturated carbocycles. The van der Waals surface area contributed by atoms with Crippen LogP contribution in [0.2, 0.25) is 0 Å². The van der Waals surface area contributed by atoms with Gasteiger partial charge in [-0.25, -0.2) is 0 Å². The second-order valence-corrected chi connectivity index (χ2v) is 3.69. The third-order valence-electron chi connectivity index (χ3n) is 2.04. The summed E-state index contributed by atoms with van der Waals surface area (Å²) in [7, 11) is 0. The van der Waals surface area contributed by atoms with Crippen LogP contribution in [0.15, 0.2) is 25.3 Å². The lowest BCUT2D eigenvalue weighted by Crippen LogP contribution is -2.48. The Balaban J connectivity index is 2.52. The van der Waals surface area contributed by atoms with Crippen molar-refractivity contribution in [2.45, 2.75) is 31.8 Å². The SMILES string of the molecule is C=CCO[C@H]1COC(C)(C)OC1C=C. The zero-order valence-corrected chi connectivity index (χ0v) is 8.86. The van der Waals surface area contributed by atoms with E-state index in [0.717, 1.165) is 0 Å². The molecule has 2 atom stereocenters. The van der Waals surface area contributed by atoms with Gasteiger partial charge in [0.15, 0.2) is 5.79 Å². The molecule has 1 unspecified atom stereocenters. The predicted octanol–water partition coefficient (Wildman–Crippen LogP) is 1.90. The fourth-order valence-corrected chi connectivity index (χ4v) is 1.35. The molecule has 0 bridgehead atoms. The van der Waals surface area contributed by atoms with Crippen molar-refractivity contribution in [3.05, 3.63) is 25.3 Å². The summed E-state index contributed by atoms with van der Waals surface area (Å²) < 4.78 is 16.6. The minimum absolute atomic E-state index is 0.0847. The summed E-state index contributed by atoms with van der Waals surface area (Å²) in [6, 6.07) is 0. The van der Waals surface area contributed by atoms with Crippen LogP contribution in [0.3, 0.4) is 0 Å². The summed E-state index contributed by atoms with van der Waals surface area (Å²) in [5.41, 5.74) is 0. The van der Waals surface area contributed by atoms with Gasteiger partial charge in [-0.1, -0.05) is 12.2 Å². The average Bonchev–Trinajstić information content (AvgIpc) is 2.15. The summed E-state index contributed by atoms with van der Waals surface area (Å²) >= 11 is 0. The molecule has 3 nitrogen and oxygen atoms in total. The fourth-order valence-electron chi connectivity index (χ4n) is 1.35. The van der Waals surface area contributed by atoms with Gasteiger partial charge < -0.3 is 14.2 Å². The smallest absolute Gasteiger partial charge is 0.163 e. The van der Waals surface area contributed by atoms with Crippen molar-refractivity contribution in [1.29, 1.82) is 0 Å². The molecule has 80 valence electrons. The molecule has 1 aliphatic heterocycles. The zero-order valence-electron chi connectivity index (χ0n) is 8.86. The third-order valence-corrected chi connectivity index (χ3v) is 2.04. The summed E-state index contributed by atoms with van der Waals surface area (Å²) in [5.74, 6) is -0.549. The number of hydrogen-bond donors (Lipinski definition) is 0. The van der Waals surface area contributed by atoms with Crippen LogP contribution in [-0.2, 0) is 14.2 Å². The first-order valence-electron chi connectivity index (χ1n) is 4.76. The highest BCUT2D eigenvalue weighted by atomic mass is 16.7. The van der Waals surface area contributed by atoms with Gasteiger partial charge in [-0.15, -0.1) is 13.2 Å². The van der Waals surface area contributed by atoms with E-state index in [2.05, 4.69) is 13.2 Å². The first-order valence-corrected chi connectivity index (χ1v) is 4.76. The summed E-state index contributed by atoms with van der Waals surface area (Å²) in [6.07, 6.45) is 3.26. The Kier molecular flexibility index (Phi) is 3.86. The van der Waals surface area contributed by atoms with Crippen molar-refractivity contribution >= 4 is 0 Å². The van der Waals surface area contributed by atoms with Gasteiger partial charge in [0.1, 0.15) is 12.2 Å². The lowest BCUT2D eigenvalue weighted by molar-refractivity contribution is -0.298. The lowest BCUT2D eigenvalue weighted by atomic mass is 10.1. The third kappa shape index (κ3) is 2.94. The van der Waals surface area contributed by atoms with E-state index in [-0.39, 0.29) is 12.2 Å². The van der Waals surface area contributed by atoms with E-state index in [1.54, 1.807) is 12.2 Å². The second-order valence-electron chi connectivity index (χ2n) is 3.69. The number of rotatable bonds is 4. The second kappa shape index (κ2) is 4.73. The molecule has 1 rings (SSSR count). The maximum atomic E-state index is 5.63. The Morgan fingerprint density at radius 2 is 2.21 bits per heavy atom. The van der Waals surface area contributed by atoms with E-state index in [1.165, 1.54) is 0 Å². The molecule has 3 heteroatoms. The van der Waals surface area contributed by atoms with E-state index in [0.29, 0.717) is 13.2 Å². The van der Waals surface area contributed by atoms with E-state index in [1.807, 2.05) is 13.8 Å². The van der Waals surface area contributed by atoms with E-state index >= 15 is 0 Å². The van der Waals surface area contributed by atoms with Gasteiger partial charge >= 0.3 is 0 Å². The van der Waals surface area contributed by atoms with Gasteiger partial charge in [-0.05, 0) is 13.8 Å². The van der Waals surface area contributed by atoms with Crippen LogP contribution < -0.4 is 0 Å². The highest BCUT2D eigenvalue weighted by molar-refractivity contribution is 4.91. The van der Waals surface area contributed by atoms with Crippen LogP contribution in [0.25, 0.3) is 0 Å². The van der Waals surface area contributed by atoms with Crippen molar-refractivity contribution in [1.82, 2.24) is 0 Å². The summed E-state index contributed by atoms with van der Waals surface area (Å²) in [4.78, 5) is 0. The zero-order chi connectivity index (χ0) is 10.6. The molecular weight excluding hydrogens is 180 g/mol. The van der Waals surface area contributed by atoms with Gasteiger partial charge in [0, 0.05) is 0 Å². The molecule has 14 heavy (non-hydrogen) atoms. The van der Waals surface area contributed by atoms with Crippen LogP contribution in [0.5, 0.6) is 0 Å². The summed E-state index contributed by atoms with van der Waals surface area (Å²) in [5, 5.41) is 0. The molecule has 0 amide bonds. The Morgan fingerprint density at radius 1 is 1.50 bits per heavy atom. The van der Waals surface area contributed by atoms with E-state index in [4.69, 9.17) is 14.2 Å². The van der Waals surface area contributed by atoms with E-state index < -0.39 is 5.79 Å². The molecule has 1 aliphatic rings. The van der Waals surface area contributed by atoms with Crippen LogP contribution in [-0.4, -0.2) is 31.2 Å². The van der Waals surface area contributed by atoms with Crippen molar-refractivity contribution in [2.24, 2.45) is 0 Å². The van der Waals surface area contributed by atoms with Crippen molar-refractivity contribution in [2.75, 3.05) is 13.2 Å². The molecule has 0 N–H and O–H groups in total. The molecular formula is C11H18O3. The van der Waals surface area contributed by atoms with Crippen LogP contribution in [0, 0.1) is 0 Å². The summed E-state index contributed by atoms with van der Waals surface area (Å²) in [6.45, 7) is 12.1. The minimum Gasteiger partial charge on any atom is -0.369 e. The minimum atomic E-state index is -0.549. The highest BCUT2D eigenvalue weighted by Crippen LogP contribution is 2.24. The van der Waals surface area contributed by atoms with Crippen LogP contribution >= 0.6 is 0 Å². The standard InChI is InChI=1S/C11H18O3/c1-5-7-12-10-8-13-11(3,4)14-9(10)6-2/h5-6,9-10H,1-2,7-8H2,3-4H3/t9?,10-/m0/s1. The van der Waals surface area contributed by atoms with Crippen LogP contribution in [0.4, 0.5) is 0 Å². The average molecular weight is 198 g/mol. The highest BCUT2D eigenvalue weighted by Gasteiger charge is 2.35. The number of hydrogen-bond acceptors (Lipinski definition) is 3. The molecule has 0 aromatic carbocycles. The molecule has 0 radical (unpaired) electrons. The first-order chi connectivity index (χ1) is 6.59. The Morgan fingerprint density at radius 3 is 2.79 bits per heavy atom. The maximum absolute atomic E-state index is 5.63. The van der Waals surface area contributed by atoms with Gasteiger partial charge in [-0.2, -0.15) is 0 Å². The normalized spacial score (nSPS) is 31.0.